The summed E-state index contributed by atoms with van der Waals surface area (Å²) < 4.78 is 8.48. The Morgan fingerprint density at radius 2 is 2.00 bits per heavy atom. The predicted molar refractivity (Wildman–Crippen MR) is 131 cm³/mol. The highest BCUT2D eigenvalue weighted by molar-refractivity contribution is 7.17. The highest BCUT2D eigenvalue weighted by Gasteiger charge is 2.48. The molecule has 2 amide bonds. The molecule has 0 spiro atoms. The van der Waals surface area contributed by atoms with E-state index in [1.54, 1.807) is 23.3 Å². The van der Waals surface area contributed by atoms with Gasteiger partial charge in [-0.3, -0.25) is 9.59 Å². The standard InChI is InChI=1S/C26H31N3O3S/c1-17-7-9-19(10-8-17)27-25(31)26(2)16-28-21-11-12-33-23(21)14-22(28)24(30)29(26)15-18-5-4-6-20(13-18)32-3/h4-6,11-14,17,19H,7-10,15-16H2,1-3H3,(H,27,31). The van der Waals surface area contributed by atoms with Gasteiger partial charge in [-0.2, -0.15) is 0 Å². The van der Waals surface area contributed by atoms with Gasteiger partial charge in [0.2, 0.25) is 5.91 Å². The van der Waals surface area contributed by atoms with E-state index < -0.39 is 5.54 Å². The summed E-state index contributed by atoms with van der Waals surface area (Å²) >= 11 is 1.62. The van der Waals surface area contributed by atoms with Crippen molar-refractivity contribution in [2.45, 2.75) is 64.2 Å². The monoisotopic (exact) mass is 465 g/mol. The van der Waals surface area contributed by atoms with Crippen LogP contribution in [0.4, 0.5) is 0 Å². The van der Waals surface area contributed by atoms with Crippen molar-refractivity contribution in [2.24, 2.45) is 5.92 Å². The number of aromatic nitrogens is 1. The highest BCUT2D eigenvalue weighted by Crippen LogP contribution is 2.36. The normalized spacial score (nSPS) is 25.2. The Kier molecular flexibility index (Phi) is 5.69. The van der Waals surface area contributed by atoms with Crippen molar-refractivity contribution in [3.63, 3.8) is 0 Å². The van der Waals surface area contributed by atoms with Crippen molar-refractivity contribution in [1.82, 2.24) is 14.8 Å². The second-order valence-corrected chi connectivity index (χ2v) is 10.7. The summed E-state index contributed by atoms with van der Waals surface area (Å²) in [5, 5.41) is 5.34. The maximum Gasteiger partial charge on any atom is 0.271 e. The molecule has 5 rings (SSSR count). The van der Waals surface area contributed by atoms with Crippen LogP contribution in [0.5, 0.6) is 5.75 Å². The van der Waals surface area contributed by atoms with Crippen LogP contribution in [0.2, 0.25) is 0 Å². The van der Waals surface area contributed by atoms with E-state index in [1.807, 2.05) is 53.3 Å². The van der Waals surface area contributed by atoms with Crippen molar-refractivity contribution in [3.8, 4) is 5.75 Å². The van der Waals surface area contributed by atoms with Crippen molar-refractivity contribution in [3.05, 3.63) is 53.0 Å². The molecule has 1 saturated carbocycles. The Balaban J connectivity index is 1.50. The molecule has 33 heavy (non-hydrogen) atoms. The van der Waals surface area contributed by atoms with Gasteiger partial charge in [-0.05, 0) is 73.7 Å². The number of nitrogens with one attached hydrogen (secondary N) is 1. The number of ether oxygens (including phenoxy) is 1. The van der Waals surface area contributed by atoms with Crippen LogP contribution in [-0.2, 0) is 17.9 Å². The fraction of sp³-hybridized carbons (Fsp3) is 0.462. The van der Waals surface area contributed by atoms with E-state index in [1.165, 1.54) is 0 Å². The minimum Gasteiger partial charge on any atom is -0.497 e. The molecule has 6 nitrogen and oxygen atoms in total. The molecule has 0 bridgehead atoms. The lowest BCUT2D eigenvalue weighted by Gasteiger charge is -2.45. The van der Waals surface area contributed by atoms with Crippen LogP contribution >= 0.6 is 11.3 Å². The van der Waals surface area contributed by atoms with E-state index in [9.17, 15) is 9.59 Å². The number of methoxy groups -OCH3 is 1. The minimum atomic E-state index is -0.996. The summed E-state index contributed by atoms with van der Waals surface area (Å²) in [4.78, 5) is 29.4. The van der Waals surface area contributed by atoms with E-state index in [-0.39, 0.29) is 17.9 Å². The Bertz CT molecular complexity index is 1190. The fourth-order valence-corrected chi connectivity index (χ4v) is 6.04. The van der Waals surface area contributed by atoms with Gasteiger partial charge in [-0.25, -0.2) is 0 Å². The Labute approximate surface area is 198 Å². The average molecular weight is 466 g/mol. The van der Waals surface area contributed by atoms with Gasteiger partial charge < -0.3 is 19.5 Å². The molecular weight excluding hydrogens is 434 g/mol. The Morgan fingerprint density at radius 3 is 2.76 bits per heavy atom. The lowest BCUT2D eigenvalue weighted by molar-refractivity contribution is -0.134. The fourth-order valence-electron chi connectivity index (χ4n) is 5.22. The van der Waals surface area contributed by atoms with Crippen LogP contribution in [-0.4, -0.2) is 40.0 Å². The van der Waals surface area contributed by atoms with Gasteiger partial charge in [-0.15, -0.1) is 11.3 Å². The molecular formula is C26H31N3O3S. The molecule has 1 atom stereocenters. The molecule has 0 saturated heterocycles. The molecule has 1 N–H and O–H groups in total. The molecule has 1 fully saturated rings. The third kappa shape index (κ3) is 3.92. The molecule has 1 aliphatic carbocycles. The summed E-state index contributed by atoms with van der Waals surface area (Å²) in [7, 11) is 1.63. The summed E-state index contributed by atoms with van der Waals surface area (Å²) in [6.07, 6.45) is 4.25. The maximum absolute atomic E-state index is 13.8. The van der Waals surface area contributed by atoms with E-state index in [0.717, 1.165) is 47.2 Å². The molecule has 3 aromatic rings. The summed E-state index contributed by atoms with van der Waals surface area (Å²) in [6.45, 7) is 4.97. The van der Waals surface area contributed by atoms with E-state index >= 15 is 0 Å². The van der Waals surface area contributed by atoms with Crippen LogP contribution in [0, 0.1) is 5.92 Å². The van der Waals surface area contributed by atoms with Gasteiger partial charge in [-0.1, -0.05) is 19.1 Å². The van der Waals surface area contributed by atoms with Gasteiger partial charge in [0.15, 0.2) is 0 Å². The Morgan fingerprint density at radius 1 is 1.21 bits per heavy atom. The second-order valence-electron chi connectivity index (χ2n) is 9.73. The van der Waals surface area contributed by atoms with Crippen molar-refractivity contribution in [2.75, 3.05) is 7.11 Å². The molecule has 3 heterocycles. The van der Waals surface area contributed by atoms with E-state index in [0.29, 0.717) is 24.7 Å². The minimum absolute atomic E-state index is 0.0685. The lowest BCUT2D eigenvalue weighted by Crippen LogP contribution is -2.64. The summed E-state index contributed by atoms with van der Waals surface area (Å²) in [6, 6.07) is 11.9. The number of benzene rings is 1. The van der Waals surface area contributed by atoms with Crippen molar-refractivity contribution < 1.29 is 14.3 Å². The smallest absolute Gasteiger partial charge is 0.271 e. The number of carbonyl (C=O) groups excluding carboxylic acids is 2. The third-order valence-electron chi connectivity index (χ3n) is 7.36. The third-order valence-corrected chi connectivity index (χ3v) is 8.22. The number of thiophene rings is 1. The maximum atomic E-state index is 13.8. The number of nitrogens with zero attached hydrogens (tertiary/aromatic N) is 2. The largest absolute Gasteiger partial charge is 0.497 e. The number of carbonyl (C=O) groups is 2. The van der Waals surface area contributed by atoms with Crippen LogP contribution in [0.25, 0.3) is 10.2 Å². The molecule has 7 heteroatoms. The molecule has 0 radical (unpaired) electrons. The number of rotatable bonds is 5. The lowest BCUT2D eigenvalue weighted by atomic mass is 9.86. The van der Waals surface area contributed by atoms with Crippen LogP contribution in [0.15, 0.2) is 41.8 Å². The number of hydrogen-bond acceptors (Lipinski definition) is 4. The zero-order valence-corrected chi connectivity index (χ0v) is 20.3. The summed E-state index contributed by atoms with van der Waals surface area (Å²) in [5.41, 5.74) is 1.62. The topological polar surface area (TPSA) is 63.6 Å². The van der Waals surface area contributed by atoms with E-state index in [4.69, 9.17) is 4.74 Å². The second kappa shape index (κ2) is 8.52. The molecule has 2 aliphatic rings. The van der Waals surface area contributed by atoms with Gasteiger partial charge in [0, 0.05) is 12.6 Å². The van der Waals surface area contributed by atoms with Crippen LogP contribution < -0.4 is 10.1 Å². The predicted octanol–water partition coefficient (Wildman–Crippen LogP) is 4.82. The first-order valence-corrected chi connectivity index (χ1v) is 12.6. The molecule has 2 aromatic heterocycles. The average Bonchev–Trinajstić information content (AvgIpc) is 3.41. The number of amides is 2. The van der Waals surface area contributed by atoms with Crippen LogP contribution in [0.3, 0.4) is 0 Å². The van der Waals surface area contributed by atoms with Gasteiger partial charge in [0.25, 0.3) is 5.91 Å². The first-order chi connectivity index (χ1) is 15.9. The van der Waals surface area contributed by atoms with Gasteiger partial charge >= 0.3 is 0 Å². The SMILES string of the molecule is COc1cccc(CN2C(=O)c3cc4sccc4n3CC2(C)C(=O)NC2CCC(C)CC2)c1. The van der Waals surface area contributed by atoms with Crippen molar-refractivity contribution in [1.29, 1.82) is 0 Å². The van der Waals surface area contributed by atoms with E-state index in [2.05, 4.69) is 12.2 Å². The molecule has 1 aromatic carbocycles. The molecule has 1 aliphatic heterocycles. The van der Waals surface area contributed by atoms with Gasteiger partial charge in [0.1, 0.15) is 17.0 Å². The quantitative estimate of drug-likeness (QED) is 0.588. The van der Waals surface area contributed by atoms with Crippen molar-refractivity contribution >= 4 is 33.4 Å². The zero-order chi connectivity index (χ0) is 23.2. The first-order valence-electron chi connectivity index (χ1n) is 11.7. The summed E-state index contributed by atoms with van der Waals surface area (Å²) in [5.74, 6) is 1.27. The van der Waals surface area contributed by atoms with Gasteiger partial charge in [0.05, 0.1) is 23.9 Å². The number of hydrogen-bond donors (Lipinski definition) is 1. The highest BCUT2D eigenvalue weighted by atomic mass is 32.1. The first kappa shape index (κ1) is 22.0. The molecule has 174 valence electrons. The Hall–Kier alpha value is -2.80. The zero-order valence-electron chi connectivity index (χ0n) is 19.5. The number of fused-ring (bicyclic) bond motifs is 3. The molecule has 1 unspecified atom stereocenters. The van der Waals surface area contributed by atoms with Crippen LogP contribution in [0.1, 0.15) is 55.6 Å².